The third-order valence-corrected chi connectivity index (χ3v) is 4.96. The van der Waals surface area contributed by atoms with E-state index in [4.69, 9.17) is 0 Å². The quantitative estimate of drug-likeness (QED) is 0.839. The van der Waals surface area contributed by atoms with Crippen molar-refractivity contribution in [1.82, 2.24) is 19.8 Å². The highest BCUT2D eigenvalue weighted by atomic mass is 16.2. The number of hydrogen-bond donors (Lipinski definition) is 1. The van der Waals surface area contributed by atoms with Crippen molar-refractivity contribution in [1.29, 1.82) is 0 Å². The molecule has 0 saturated carbocycles. The first-order valence-corrected chi connectivity index (χ1v) is 9.11. The lowest BCUT2D eigenvalue weighted by atomic mass is 9.99. The fraction of sp³-hybridized carbons (Fsp3) is 0.450. The van der Waals surface area contributed by atoms with Crippen LogP contribution in [0.1, 0.15) is 32.5 Å². The second-order valence-electron chi connectivity index (χ2n) is 7.13. The number of amides is 2. The zero-order valence-electron chi connectivity index (χ0n) is 15.5. The van der Waals surface area contributed by atoms with Crippen LogP contribution in [0, 0.1) is 5.92 Å². The monoisotopic (exact) mass is 354 g/mol. The maximum atomic E-state index is 12.8. The van der Waals surface area contributed by atoms with Gasteiger partial charge < -0.3 is 14.8 Å². The summed E-state index contributed by atoms with van der Waals surface area (Å²) in [4.78, 5) is 31.1. The van der Waals surface area contributed by atoms with Crippen LogP contribution in [-0.2, 0) is 22.7 Å². The first-order valence-electron chi connectivity index (χ1n) is 9.11. The number of piperidine rings is 1. The Hall–Kier alpha value is -2.63. The number of nitrogens with one attached hydrogen (secondary N) is 1. The summed E-state index contributed by atoms with van der Waals surface area (Å²) in [6, 6.07) is 7.73. The molecule has 1 aliphatic heterocycles. The van der Waals surface area contributed by atoms with Gasteiger partial charge in [0.05, 0.1) is 17.6 Å². The Morgan fingerprint density at radius 2 is 1.96 bits per heavy atom. The van der Waals surface area contributed by atoms with Crippen LogP contribution in [-0.4, -0.2) is 39.4 Å². The average Bonchev–Trinajstić information content (AvgIpc) is 2.97. The third kappa shape index (κ3) is 3.95. The van der Waals surface area contributed by atoms with Crippen LogP contribution in [0.3, 0.4) is 0 Å². The zero-order valence-corrected chi connectivity index (χ0v) is 15.5. The molecule has 6 heteroatoms. The van der Waals surface area contributed by atoms with Crippen LogP contribution in [0.4, 0.5) is 0 Å². The summed E-state index contributed by atoms with van der Waals surface area (Å²) < 4.78 is 1.91. The van der Waals surface area contributed by atoms with E-state index in [1.807, 2.05) is 33.7 Å². The molecule has 0 aliphatic carbocycles. The standard InChI is InChI=1S/C20H26N4O2/c1-14(2)20(26)21-12-18-22-16-6-4-5-7-17(16)24(18)13-19(25)23-10-8-15(3)9-11-23/h4-7,15H,1,8-13H2,2-3H3,(H,21,26). The average molecular weight is 354 g/mol. The van der Waals surface area contributed by atoms with Crippen molar-refractivity contribution >= 4 is 22.8 Å². The van der Waals surface area contributed by atoms with E-state index >= 15 is 0 Å². The molecule has 1 N–H and O–H groups in total. The van der Waals surface area contributed by atoms with E-state index in [-0.39, 0.29) is 24.9 Å². The number of rotatable bonds is 5. The second kappa shape index (κ2) is 7.72. The van der Waals surface area contributed by atoms with Gasteiger partial charge in [0.2, 0.25) is 11.8 Å². The normalized spacial score (nSPS) is 15.2. The van der Waals surface area contributed by atoms with E-state index in [9.17, 15) is 9.59 Å². The Morgan fingerprint density at radius 1 is 1.27 bits per heavy atom. The number of imidazole rings is 1. The van der Waals surface area contributed by atoms with Crippen LogP contribution in [0.25, 0.3) is 11.0 Å². The fourth-order valence-corrected chi connectivity index (χ4v) is 3.24. The Morgan fingerprint density at radius 3 is 2.65 bits per heavy atom. The predicted molar refractivity (Wildman–Crippen MR) is 101 cm³/mol. The van der Waals surface area contributed by atoms with Crippen molar-refractivity contribution < 1.29 is 9.59 Å². The topological polar surface area (TPSA) is 67.2 Å². The van der Waals surface area contributed by atoms with Gasteiger partial charge >= 0.3 is 0 Å². The van der Waals surface area contributed by atoms with E-state index in [2.05, 4.69) is 23.8 Å². The number of benzene rings is 1. The van der Waals surface area contributed by atoms with E-state index < -0.39 is 0 Å². The first-order chi connectivity index (χ1) is 12.5. The summed E-state index contributed by atoms with van der Waals surface area (Å²) in [6.07, 6.45) is 2.11. The van der Waals surface area contributed by atoms with E-state index in [0.29, 0.717) is 17.3 Å². The Labute approximate surface area is 153 Å². The van der Waals surface area contributed by atoms with Gasteiger partial charge in [0.25, 0.3) is 0 Å². The van der Waals surface area contributed by atoms with Crippen LogP contribution in [0.15, 0.2) is 36.4 Å². The summed E-state index contributed by atoms with van der Waals surface area (Å²) >= 11 is 0. The Balaban J connectivity index is 1.81. The number of hydrogen-bond acceptors (Lipinski definition) is 3. The lowest BCUT2D eigenvalue weighted by molar-refractivity contribution is -0.133. The maximum Gasteiger partial charge on any atom is 0.246 e. The summed E-state index contributed by atoms with van der Waals surface area (Å²) in [7, 11) is 0. The third-order valence-electron chi connectivity index (χ3n) is 4.96. The molecule has 0 spiro atoms. The van der Waals surface area contributed by atoms with Gasteiger partial charge in [-0.3, -0.25) is 9.59 Å². The highest BCUT2D eigenvalue weighted by Crippen LogP contribution is 2.19. The zero-order chi connectivity index (χ0) is 18.7. The second-order valence-corrected chi connectivity index (χ2v) is 7.13. The molecular weight excluding hydrogens is 328 g/mol. The number of para-hydroxylation sites is 2. The van der Waals surface area contributed by atoms with E-state index in [1.165, 1.54) is 0 Å². The maximum absolute atomic E-state index is 12.8. The highest BCUT2D eigenvalue weighted by molar-refractivity contribution is 5.92. The first kappa shape index (κ1) is 18.2. The largest absolute Gasteiger partial charge is 0.345 e. The summed E-state index contributed by atoms with van der Waals surface area (Å²) in [5.41, 5.74) is 2.18. The van der Waals surface area contributed by atoms with Crippen LogP contribution in [0.5, 0.6) is 0 Å². The van der Waals surface area contributed by atoms with Gasteiger partial charge in [0.1, 0.15) is 12.4 Å². The fourth-order valence-electron chi connectivity index (χ4n) is 3.24. The van der Waals surface area contributed by atoms with Crippen LogP contribution >= 0.6 is 0 Å². The SMILES string of the molecule is C=C(C)C(=O)NCc1nc2ccccc2n1CC(=O)N1CCC(C)CC1. The summed E-state index contributed by atoms with van der Waals surface area (Å²) in [6.45, 7) is 9.68. The van der Waals surface area contributed by atoms with Crippen molar-refractivity contribution in [2.75, 3.05) is 13.1 Å². The van der Waals surface area contributed by atoms with Crippen molar-refractivity contribution in [2.24, 2.45) is 5.92 Å². The van der Waals surface area contributed by atoms with Crippen LogP contribution < -0.4 is 5.32 Å². The molecule has 0 atom stereocenters. The van der Waals surface area contributed by atoms with Gasteiger partial charge in [-0.05, 0) is 37.8 Å². The summed E-state index contributed by atoms with van der Waals surface area (Å²) in [5.74, 6) is 1.26. The number of fused-ring (bicyclic) bond motifs is 1. The number of nitrogens with zero attached hydrogens (tertiary/aromatic N) is 3. The number of carbonyl (C=O) groups excluding carboxylic acids is 2. The minimum Gasteiger partial charge on any atom is -0.345 e. The van der Waals surface area contributed by atoms with E-state index in [0.717, 1.165) is 37.0 Å². The van der Waals surface area contributed by atoms with Gasteiger partial charge in [0, 0.05) is 18.7 Å². The lowest BCUT2D eigenvalue weighted by Crippen LogP contribution is -2.40. The smallest absolute Gasteiger partial charge is 0.246 e. The molecule has 0 radical (unpaired) electrons. The van der Waals surface area contributed by atoms with E-state index in [1.54, 1.807) is 6.92 Å². The van der Waals surface area contributed by atoms with Crippen molar-refractivity contribution in [2.45, 2.75) is 39.8 Å². The molecule has 3 rings (SSSR count). The molecular formula is C20H26N4O2. The molecule has 1 aliphatic rings. The molecule has 1 aromatic carbocycles. The molecule has 1 aromatic heterocycles. The molecule has 1 saturated heterocycles. The van der Waals surface area contributed by atoms with Gasteiger partial charge in [-0.15, -0.1) is 0 Å². The molecule has 2 heterocycles. The van der Waals surface area contributed by atoms with Crippen LogP contribution in [0.2, 0.25) is 0 Å². The molecule has 1 fully saturated rings. The minimum absolute atomic E-state index is 0.104. The van der Waals surface area contributed by atoms with Crippen molar-refractivity contribution in [3.8, 4) is 0 Å². The molecule has 0 bridgehead atoms. The Kier molecular flexibility index (Phi) is 5.40. The molecule has 2 amide bonds. The highest BCUT2D eigenvalue weighted by Gasteiger charge is 2.22. The molecule has 0 unspecified atom stereocenters. The molecule has 2 aromatic rings. The molecule has 138 valence electrons. The van der Waals surface area contributed by atoms with Crippen molar-refractivity contribution in [3.63, 3.8) is 0 Å². The molecule has 6 nitrogen and oxygen atoms in total. The number of carbonyl (C=O) groups is 2. The van der Waals surface area contributed by atoms with Gasteiger partial charge in [-0.2, -0.15) is 0 Å². The van der Waals surface area contributed by atoms with Gasteiger partial charge in [-0.25, -0.2) is 4.98 Å². The Bertz CT molecular complexity index is 831. The predicted octanol–water partition coefficient (Wildman–Crippen LogP) is 2.49. The van der Waals surface area contributed by atoms with Gasteiger partial charge in [0.15, 0.2) is 0 Å². The number of aromatic nitrogens is 2. The van der Waals surface area contributed by atoms with Crippen molar-refractivity contribution in [3.05, 3.63) is 42.2 Å². The number of likely N-dealkylation sites (tertiary alicyclic amines) is 1. The minimum atomic E-state index is -0.208. The molecule has 26 heavy (non-hydrogen) atoms. The summed E-state index contributed by atoms with van der Waals surface area (Å²) in [5, 5.41) is 2.81. The lowest BCUT2D eigenvalue weighted by Gasteiger charge is -2.30. The van der Waals surface area contributed by atoms with Gasteiger partial charge in [-0.1, -0.05) is 25.6 Å².